The lowest BCUT2D eigenvalue weighted by atomic mass is 10.1. The predicted molar refractivity (Wildman–Crippen MR) is 62.5 cm³/mol. The van der Waals surface area contributed by atoms with Crippen molar-refractivity contribution >= 4 is 23.4 Å². The normalized spacial score (nSPS) is 9.50. The number of aromatic nitrogens is 1. The molecule has 2 rings (SSSR count). The van der Waals surface area contributed by atoms with Crippen LogP contribution in [0.25, 0.3) is 10.8 Å². The minimum absolute atomic E-state index is 0.560. The third-order valence-corrected chi connectivity index (χ3v) is 2.12. The van der Waals surface area contributed by atoms with Crippen molar-refractivity contribution in [2.24, 2.45) is 0 Å². The second-order valence-electron chi connectivity index (χ2n) is 2.84. The number of nitrogens with zero attached hydrogens (tertiary/aromatic N) is 1. The van der Waals surface area contributed by atoms with Gasteiger partial charge in [0.1, 0.15) is 5.69 Å². The molecule has 0 saturated carbocycles. The molecule has 0 aliphatic carbocycles. The number of benzene rings is 1. The van der Waals surface area contributed by atoms with Gasteiger partial charge in [-0.15, -0.1) is 0 Å². The molecule has 2 aromatic rings. The Morgan fingerprint density at radius 2 is 2.07 bits per heavy atom. The zero-order chi connectivity index (χ0) is 9.80. The second kappa shape index (κ2) is 4.17. The van der Waals surface area contributed by atoms with Gasteiger partial charge in [0.25, 0.3) is 0 Å². The highest BCUT2D eigenvalue weighted by Gasteiger charge is 1.96. The topological polar surface area (TPSA) is 12.9 Å². The van der Waals surface area contributed by atoms with E-state index in [2.05, 4.69) is 35.5 Å². The van der Waals surface area contributed by atoms with Crippen LogP contribution in [0.3, 0.4) is 0 Å². The van der Waals surface area contributed by atoms with Gasteiger partial charge in [-0.1, -0.05) is 30.2 Å². The lowest BCUT2D eigenvalue weighted by molar-refractivity contribution is 1.32. The van der Waals surface area contributed by atoms with Crippen molar-refractivity contribution in [1.29, 1.82) is 0 Å². The van der Waals surface area contributed by atoms with Crippen LogP contribution in [-0.2, 0) is 0 Å². The summed E-state index contributed by atoms with van der Waals surface area (Å²) >= 11 is 4.04. The SMILES string of the molecule is SCC#Cc1nccc2ccccc12. The van der Waals surface area contributed by atoms with Crippen molar-refractivity contribution in [2.75, 3.05) is 5.75 Å². The number of rotatable bonds is 0. The first-order valence-corrected chi connectivity index (χ1v) is 4.98. The summed E-state index contributed by atoms with van der Waals surface area (Å²) in [6.45, 7) is 0. The lowest BCUT2D eigenvalue weighted by Gasteiger charge is -1.97. The van der Waals surface area contributed by atoms with Crippen LogP contribution < -0.4 is 0 Å². The Bertz CT molecular complexity index is 503. The van der Waals surface area contributed by atoms with Crippen LogP contribution >= 0.6 is 12.6 Å². The lowest BCUT2D eigenvalue weighted by Crippen LogP contribution is -1.84. The molecular formula is C12H9NS. The highest BCUT2D eigenvalue weighted by atomic mass is 32.1. The minimum atomic E-state index is 0.560. The van der Waals surface area contributed by atoms with Gasteiger partial charge in [-0.05, 0) is 17.4 Å². The van der Waals surface area contributed by atoms with Gasteiger partial charge < -0.3 is 0 Å². The van der Waals surface area contributed by atoms with E-state index in [0.717, 1.165) is 11.1 Å². The smallest absolute Gasteiger partial charge is 0.120 e. The Labute approximate surface area is 88.6 Å². The molecular weight excluding hydrogens is 190 g/mol. The summed E-state index contributed by atoms with van der Waals surface area (Å²) < 4.78 is 0. The van der Waals surface area contributed by atoms with Crippen molar-refractivity contribution in [1.82, 2.24) is 4.98 Å². The first-order chi connectivity index (χ1) is 6.92. The van der Waals surface area contributed by atoms with Crippen molar-refractivity contribution in [3.05, 3.63) is 42.2 Å². The Morgan fingerprint density at radius 1 is 1.21 bits per heavy atom. The Balaban J connectivity index is 2.65. The average molecular weight is 199 g/mol. The molecule has 0 radical (unpaired) electrons. The van der Waals surface area contributed by atoms with Gasteiger partial charge in [0.15, 0.2) is 0 Å². The van der Waals surface area contributed by atoms with E-state index in [9.17, 15) is 0 Å². The molecule has 1 nitrogen and oxygen atoms in total. The van der Waals surface area contributed by atoms with E-state index in [1.54, 1.807) is 6.20 Å². The zero-order valence-electron chi connectivity index (χ0n) is 7.57. The van der Waals surface area contributed by atoms with Crippen molar-refractivity contribution in [3.63, 3.8) is 0 Å². The molecule has 2 heteroatoms. The molecule has 0 spiro atoms. The summed E-state index contributed by atoms with van der Waals surface area (Å²) in [5.74, 6) is 6.47. The maximum absolute atomic E-state index is 4.24. The summed E-state index contributed by atoms with van der Waals surface area (Å²) in [6.07, 6.45) is 1.78. The molecule has 0 fully saturated rings. The van der Waals surface area contributed by atoms with Crippen molar-refractivity contribution in [2.45, 2.75) is 0 Å². The van der Waals surface area contributed by atoms with Gasteiger partial charge in [0.2, 0.25) is 0 Å². The minimum Gasteiger partial charge on any atom is -0.247 e. The Hall–Kier alpha value is -1.46. The van der Waals surface area contributed by atoms with Crippen LogP contribution in [0.15, 0.2) is 36.5 Å². The van der Waals surface area contributed by atoms with E-state index in [0.29, 0.717) is 5.75 Å². The summed E-state index contributed by atoms with van der Waals surface area (Å²) in [6, 6.07) is 10.1. The Morgan fingerprint density at radius 3 is 2.93 bits per heavy atom. The van der Waals surface area contributed by atoms with E-state index in [-0.39, 0.29) is 0 Å². The van der Waals surface area contributed by atoms with E-state index >= 15 is 0 Å². The summed E-state index contributed by atoms with van der Waals surface area (Å²) in [5.41, 5.74) is 0.831. The van der Waals surface area contributed by atoms with Crippen LogP contribution in [0.1, 0.15) is 5.69 Å². The largest absolute Gasteiger partial charge is 0.247 e. The fraction of sp³-hybridized carbons (Fsp3) is 0.0833. The van der Waals surface area contributed by atoms with Gasteiger partial charge in [-0.2, -0.15) is 12.6 Å². The number of hydrogen-bond acceptors (Lipinski definition) is 2. The highest BCUT2D eigenvalue weighted by Crippen LogP contribution is 2.14. The standard InChI is InChI=1S/C12H9NS/c14-9-3-6-12-11-5-2-1-4-10(11)7-8-13-12/h1-2,4-5,7-8,14H,9H2. The fourth-order valence-corrected chi connectivity index (χ4v) is 1.42. The Kier molecular flexibility index (Phi) is 2.71. The van der Waals surface area contributed by atoms with Gasteiger partial charge >= 0.3 is 0 Å². The van der Waals surface area contributed by atoms with Crippen LogP contribution in [0, 0.1) is 11.8 Å². The number of hydrogen-bond donors (Lipinski definition) is 1. The summed E-state index contributed by atoms with van der Waals surface area (Å²) in [4.78, 5) is 4.24. The molecule has 0 unspecified atom stereocenters. The summed E-state index contributed by atoms with van der Waals surface area (Å²) in [5, 5.41) is 2.27. The molecule has 0 aliphatic rings. The molecule has 0 N–H and O–H groups in total. The van der Waals surface area contributed by atoms with Gasteiger partial charge in [0, 0.05) is 11.6 Å². The molecule has 0 amide bonds. The second-order valence-corrected chi connectivity index (χ2v) is 3.16. The fourth-order valence-electron chi connectivity index (χ4n) is 1.34. The van der Waals surface area contributed by atoms with E-state index in [1.807, 2.05) is 24.3 Å². The number of thiol groups is 1. The molecule has 1 aromatic carbocycles. The quantitative estimate of drug-likeness (QED) is 0.508. The van der Waals surface area contributed by atoms with Crippen LogP contribution in [-0.4, -0.2) is 10.7 Å². The maximum atomic E-state index is 4.24. The van der Waals surface area contributed by atoms with Crippen molar-refractivity contribution in [3.8, 4) is 11.8 Å². The number of pyridine rings is 1. The molecule has 1 heterocycles. The highest BCUT2D eigenvalue weighted by molar-refractivity contribution is 7.80. The van der Waals surface area contributed by atoms with Gasteiger partial charge in [-0.25, -0.2) is 4.98 Å². The van der Waals surface area contributed by atoms with Crippen LogP contribution in [0.2, 0.25) is 0 Å². The monoisotopic (exact) mass is 199 g/mol. The number of fused-ring (bicyclic) bond motifs is 1. The van der Waals surface area contributed by atoms with Crippen molar-refractivity contribution < 1.29 is 0 Å². The van der Waals surface area contributed by atoms with E-state index in [1.165, 1.54) is 5.39 Å². The molecule has 0 aliphatic heterocycles. The molecule has 14 heavy (non-hydrogen) atoms. The first kappa shape index (κ1) is 9.11. The molecule has 0 bridgehead atoms. The third kappa shape index (κ3) is 1.73. The molecule has 1 aromatic heterocycles. The maximum Gasteiger partial charge on any atom is 0.120 e. The predicted octanol–water partition coefficient (Wildman–Crippen LogP) is 2.52. The van der Waals surface area contributed by atoms with Gasteiger partial charge in [-0.3, -0.25) is 0 Å². The zero-order valence-corrected chi connectivity index (χ0v) is 8.46. The van der Waals surface area contributed by atoms with Gasteiger partial charge in [0.05, 0.1) is 5.75 Å². The molecule has 68 valence electrons. The molecule has 0 saturated heterocycles. The van der Waals surface area contributed by atoms with E-state index in [4.69, 9.17) is 0 Å². The first-order valence-electron chi connectivity index (χ1n) is 4.35. The van der Waals surface area contributed by atoms with Crippen LogP contribution in [0.5, 0.6) is 0 Å². The third-order valence-electron chi connectivity index (χ3n) is 1.96. The molecule has 0 atom stereocenters. The summed E-state index contributed by atoms with van der Waals surface area (Å²) in [7, 11) is 0. The van der Waals surface area contributed by atoms with Crippen LogP contribution in [0.4, 0.5) is 0 Å². The average Bonchev–Trinajstić information content (AvgIpc) is 2.26. The van der Waals surface area contributed by atoms with E-state index < -0.39 is 0 Å².